The average Bonchev–Trinajstić information content (AvgIpc) is 2.09. The van der Waals surface area contributed by atoms with Crippen molar-refractivity contribution >= 4 is 0 Å². The molecule has 0 bridgehead atoms. The van der Waals surface area contributed by atoms with E-state index in [-0.39, 0.29) is 39.1 Å². The van der Waals surface area contributed by atoms with Gasteiger partial charge >= 0.3 is 6.18 Å². The number of hydrogen-bond acceptors (Lipinski definition) is 0. The zero-order valence-corrected chi connectivity index (χ0v) is 12.4. The second-order valence-electron chi connectivity index (χ2n) is 3.72. The van der Waals surface area contributed by atoms with Gasteiger partial charge in [-0.15, -0.1) is 0 Å². The normalized spacial score (nSPS) is 13.4. The van der Waals surface area contributed by atoms with E-state index >= 15 is 0 Å². The van der Waals surface area contributed by atoms with E-state index in [2.05, 4.69) is 0 Å². The van der Waals surface area contributed by atoms with Gasteiger partial charge in [-0.3, -0.25) is 0 Å². The molecule has 0 rings (SSSR count). The Balaban J connectivity index is 0. The van der Waals surface area contributed by atoms with Gasteiger partial charge in [-0.1, -0.05) is 32.6 Å². The van der Waals surface area contributed by atoms with Gasteiger partial charge in [0, 0.05) is 32.7 Å². The number of unbranched alkanes of at least 4 members (excludes halogenated alkanes) is 3. The Morgan fingerprint density at radius 2 is 1.73 bits per heavy atom. The van der Waals surface area contributed by atoms with Crippen molar-refractivity contribution in [1.29, 1.82) is 0 Å². The molecule has 0 saturated carbocycles. The maximum absolute atomic E-state index is 12.5. The van der Waals surface area contributed by atoms with E-state index in [4.69, 9.17) is 0 Å². The summed E-state index contributed by atoms with van der Waals surface area (Å²) < 4.78 is 37.4. The molecule has 89 valence electrons. The Hall–Kier alpha value is 0.894. The van der Waals surface area contributed by atoms with Crippen LogP contribution in [0, 0.1) is 12.3 Å². The standard InChI is InChI=1S/C11H20F3.Y/c1-3-5-7-9-10(8-6-4-2)11(12,13)14;/h4,10H,3,5-9H2,1-2H3;/q-1;. The van der Waals surface area contributed by atoms with Crippen LogP contribution < -0.4 is 0 Å². The van der Waals surface area contributed by atoms with Crippen LogP contribution in [0.25, 0.3) is 0 Å². The molecule has 4 heteroatoms. The number of halogens is 3. The van der Waals surface area contributed by atoms with E-state index < -0.39 is 12.1 Å². The maximum Gasteiger partial charge on any atom is 0.391 e. The third-order valence-electron chi connectivity index (χ3n) is 2.42. The first-order valence-corrected chi connectivity index (χ1v) is 5.36. The zero-order chi connectivity index (χ0) is 11.0. The average molecular weight is 298 g/mol. The quantitative estimate of drug-likeness (QED) is 0.470. The van der Waals surface area contributed by atoms with Gasteiger partial charge in [-0.25, -0.2) is 0 Å². The fourth-order valence-electron chi connectivity index (χ4n) is 1.48. The molecule has 0 saturated heterocycles. The minimum absolute atomic E-state index is 0. The SMILES string of the molecule is C[CH-]CCC(CCCCC)C(F)(F)F.[Y]. The van der Waals surface area contributed by atoms with E-state index in [0.717, 1.165) is 12.8 Å². The molecule has 0 spiro atoms. The van der Waals surface area contributed by atoms with Gasteiger partial charge in [0.2, 0.25) is 0 Å². The molecule has 0 amide bonds. The molecule has 1 atom stereocenters. The summed E-state index contributed by atoms with van der Waals surface area (Å²) in [4.78, 5) is 0. The summed E-state index contributed by atoms with van der Waals surface area (Å²) in [6, 6.07) is 0. The zero-order valence-electron chi connectivity index (χ0n) is 9.61. The molecule has 0 aliphatic carbocycles. The fourth-order valence-corrected chi connectivity index (χ4v) is 1.48. The Morgan fingerprint density at radius 1 is 1.13 bits per heavy atom. The van der Waals surface area contributed by atoms with Crippen molar-refractivity contribution in [3.8, 4) is 0 Å². The molecule has 0 aliphatic rings. The topological polar surface area (TPSA) is 0 Å². The van der Waals surface area contributed by atoms with Crippen molar-refractivity contribution in [3.63, 3.8) is 0 Å². The smallest absolute Gasteiger partial charge is 0.331 e. The van der Waals surface area contributed by atoms with Crippen LogP contribution in [0.2, 0.25) is 0 Å². The third-order valence-corrected chi connectivity index (χ3v) is 2.42. The molecule has 0 aromatic heterocycles. The van der Waals surface area contributed by atoms with Crippen LogP contribution in [0.3, 0.4) is 0 Å². The molecule has 1 unspecified atom stereocenters. The minimum Gasteiger partial charge on any atom is -0.331 e. The van der Waals surface area contributed by atoms with Gasteiger partial charge < -0.3 is 6.42 Å². The summed E-state index contributed by atoms with van der Waals surface area (Å²) in [6.07, 6.45) is 1.50. The van der Waals surface area contributed by atoms with Crippen molar-refractivity contribution in [3.05, 3.63) is 6.42 Å². The van der Waals surface area contributed by atoms with Crippen LogP contribution in [0.15, 0.2) is 0 Å². The summed E-state index contributed by atoms with van der Waals surface area (Å²) >= 11 is 0. The molecule has 0 aromatic carbocycles. The predicted molar refractivity (Wildman–Crippen MR) is 52.9 cm³/mol. The minimum atomic E-state index is -4.00. The van der Waals surface area contributed by atoms with Gasteiger partial charge in [-0.2, -0.15) is 26.5 Å². The molecule has 15 heavy (non-hydrogen) atoms. The third kappa shape index (κ3) is 9.80. The molecular weight excluding hydrogens is 278 g/mol. The van der Waals surface area contributed by atoms with Crippen molar-refractivity contribution < 1.29 is 45.9 Å². The van der Waals surface area contributed by atoms with Crippen molar-refractivity contribution in [1.82, 2.24) is 0 Å². The Labute approximate surface area is 116 Å². The first-order chi connectivity index (χ1) is 6.52. The molecule has 0 heterocycles. The van der Waals surface area contributed by atoms with E-state index in [0.29, 0.717) is 19.3 Å². The van der Waals surface area contributed by atoms with E-state index in [1.165, 1.54) is 0 Å². The Bertz CT molecular complexity index is 134. The van der Waals surface area contributed by atoms with Crippen LogP contribution in [0.5, 0.6) is 0 Å². The van der Waals surface area contributed by atoms with Gasteiger partial charge in [-0.05, 0) is 6.42 Å². The maximum atomic E-state index is 12.5. The van der Waals surface area contributed by atoms with Gasteiger partial charge in [0.25, 0.3) is 0 Å². The van der Waals surface area contributed by atoms with Crippen molar-refractivity contribution in [2.45, 2.75) is 58.5 Å². The van der Waals surface area contributed by atoms with Crippen molar-refractivity contribution in [2.75, 3.05) is 0 Å². The van der Waals surface area contributed by atoms with Crippen LogP contribution >= 0.6 is 0 Å². The first-order valence-electron chi connectivity index (χ1n) is 5.36. The molecular formula is C11H20F3Y-. The van der Waals surface area contributed by atoms with E-state index in [1.807, 2.05) is 6.92 Å². The van der Waals surface area contributed by atoms with Gasteiger partial charge in [0.05, 0.1) is 5.92 Å². The second kappa shape index (κ2) is 10.1. The summed E-state index contributed by atoms with van der Waals surface area (Å²) in [5.74, 6) is -1.09. The molecule has 0 fully saturated rings. The van der Waals surface area contributed by atoms with Crippen molar-refractivity contribution in [2.24, 2.45) is 5.92 Å². The molecule has 0 N–H and O–H groups in total. The number of rotatable bonds is 7. The molecule has 0 nitrogen and oxygen atoms in total. The monoisotopic (exact) mass is 298 g/mol. The van der Waals surface area contributed by atoms with Crippen LogP contribution in [0.1, 0.15) is 52.4 Å². The van der Waals surface area contributed by atoms with Gasteiger partial charge in [0.1, 0.15) is 0 Å². The Morgan fingerprint density at radius 3 is 2.13 bits per heavy atom. The van der Waals surface area contributed by atoms with Crippen LogP contribution in [-0.4, -0.2) is 6.18 Å². The first kappa shape index (κ1) is 18.3. The number of alkyl halides is 3. The van der Waals surface area contributed by atoms with Gasteiger partial charge in [0.15, 0.2) is 0 Å². The molecule has 0 aromatic rings. The predicted octanol–water partition coefficient (Wildman–Crippen LogP) is 4.75. The van der Waals surface area contributed by atoms with E-state index in [9.17, 15) is 13.2 Å². The van der Waals surface area contributed by atoms with Crippen LogP contribution in [-0.2, 0) is 32.7 Å². The number of hydrogen-bond donors (Lipinski definition) is 0. The summed E-state index contributed by atoms with van der Waals surface area (Å²) in [5.41, 5.74) is 0. The fraction of sp³-hybridized carbons (Fsp3) is 0.909. The summed E-state index contributed by atoms with van der Waals surface area (Å²) in [6.45, 7) is 3.81. The Kier molecular flexibility index (Phi) is 12.3. The summed E-state index contributed by atoms with van der Waals surface area (Å²) in [7, 11) is 0. The summed E-state index contributed by atoms with van der Waals surface area (Å²) in [5, 5.41) is 0. The molecule has 1 radical (unpaired) electrons. The largest absolute Gasteiger partial charge is 0.391 e. The van der Waals surface area contributed by atoms with E-state index in [1.54, 1.807) is 13.3 Å². The van der Waals surface area contributed by atoms with Crippen LogP contribution in [0.4, 0.5) is 13.2 Å². The second-order valence-corrected chi connectivity index (χ2v) is 3.72. The molecule has 0 aliphatic heterocycles.